The molecule has 27 heavy (non-hydrogen) atoms. The molecule has 0 bridgehead atoms. The fourth-order valence-corrected chi connectivity index (χ4v) is 3.97. The van der Waals surface area contributed by atoms with E-state index in [1.54, 1.807) is 6.07 Å². The lowest BCUT2D eigenvalue weighted by Crippen LogP contribution is -2.40. The van der Waals surface area contributed by atoms with E-state index in [0.29, 0.717) is 16.0 Å². The molecule has 2 aromatic rings. The lowest BCUT2D eigenvalue weighted by molar-refractivity contribution is -0.121. The van der Waals surface area contributed by atoms with Crippen LogP contribution >= 0.6 is 23.2 Å². The van der Waals surface area contributed by atoms with Gasteiger partial charge in [-0.15, -0.1) is 0 Å². The first-order valence-electron chi connectivity index (χ1n) is 9.49. The van der Waals surface area contributed by atoms with Crippen LogP contribution in [0.5, 0.6) is 0 Å². The largest absolute Gasteiger partial charge is 0.326 e. The fourth-order valence-electron chi connectivity index (χ4n) is 3.50. The number of anilines is 1. The summed E-state index contributed by atoms with van der Waals surface area (Å²) in [6.07, 6.45) is 1.93. The minimum absolute atomic E-state index is 0.00500. The smallest absolute Gasteiger partial charge is 0.228 e. The first-order valence-corrected chi connectivity index (χ1v) is 10.2. The van der Waals surface area contributed by atoms with E-state index in [4.69, 9.17) is 23.2 Å². The van der Waals surface area contributed by atoms with Gasteiger partial charge < -0.3 is 5.32 Å². The monoisotopic (exact) mass is 404 g/mol. The van der Waals surface area contributed by atoms with Crippen molar-refractivity contribution in [3.8, 4) is 0 Å². The number of carbonyl (C=O) groups is 1. The molecule has 0 aromatic heterocycles. The molecule has 1 N–H and O–H groups in total. The molecule has 0 radical (unpaired) electrons. The summed E-state index contributed by atoms with van der Waals surface area (Å²) in [5, 5.41) is 4.39. The zero-order valence-corrected chi connectivity index (χ0v) is 17.4. The Morgan fingerprint density at radius 2 is 1.93 bits per heavy atom. The lowest BCUT2D eigenvalue weighted by atomic mass is 9.96. The van der Waals surface area contributed by atoms with E-state index in [1.807, 2.05) is 24.3 Å². The molecule has 1 saturated heterocycles. The van der Waals surface area contributed by atoms with Crippen molar-refractivity contribution in [1.29, 1.82) is 0 Å². The van der Waals surface area contributed by atoms with Crippen molar-refractivity contribution in [1.82, 2.24) is 4.90 Å². The number of rotatable bonds is 5. The van der Waals surface area contributed by atoms with E-state index >= 15 is 0 Å². The average Bonchev–Trinajstić information content (AvgIpc) is 2.65. The summed E-state index contributed by atoms with van der Waals surface area (Å²) in [5.41, 5.74) is 3.19. The molecule has 3 nitrogen and oxygen atoms in total. The topological polar surface area (TPSA) is 32.3 Å². The Balaban J connectivity index is 1.59. The normalized spacial score (nSPS) is 17.9. The predicted octanol–water partition coefficient (Wildman–Crippen LogP) is 5.97. The number of halogens is 2. The van der Waals surface area contributed by atoms with Crippen LogP contribution in [0.3, 0.4) is 0 Å². The van der Waals surface area contributed by atoms with Crippen molar-refractivity contribution in [2.45, 2.75) is 39.2 Å². The second-order valence-electron chi connectivity index (χ2n) is 7.58. The van der Waals surface area contributed by atoms with Crippen molar-refractivity contribution in [2.24, 2.45) is 5.92 Å². The minimum atomic E-state index is -0.00500. The quantitative estimate of drug-likeness (QED) is 0.665. The second kappa shape index (κ2) is 9.09. The number of nitrogens with one attached hydrogen (secondary N) is 1. The summed E-state index contributed by atoms with van der Waals surface area (Å²) >= 11 is 12.3. The zero-order chi connectivity index (χ0) is 19.4. The van der Waals surface area contributed by atoms with Gasteiger partial charge in [-0.25, -0.2) is 0 Å². The van der Waals surface area contributed by atoms with Crippen molar-refractivity contribution < 1.29 is 4.79 Å². The van der Waals surface area contributed by atoms with Crippen LogP contribution in [0.4, 0.5) is 5.69 Å². The SMILES string of the molecule is CC(C)c1ccc(NC(=O)[C@H]2CCCN(Cc3ccc(Cl)cc3Cl)C2)cc1. The van der Waals surface area contributed by atoms with Crippen LogP contribution in [-0.4, -0.2) is 23.9 Å². The Bertz CT molecular complexity index is 789. The van der Waals surface area contributed by atoms with Crippen molar-refractivity contribution in [2.75, 3.05) is 18.4 Å². The number of nitrogens with zero attached hydrogens (tertiary/aromatic N) is 1. The molecule has 0 spiro atoms. The molecule has 3 rings (SSSR count). The summed E-state index contributed by atoms with van der Waals surface area (Å²) < 4.78 is 0. The standard InChI is InChI=1S/C22H26Cl2N2O/c1-15(2)16-6-9-20(10-7-16)25-22(27)18-4-3-11-26(14-18)13-17-5-8-19(23)12-21(17)24/h5-10,12,15,18H,3-4,11,13-14H2,1-2H3,(H,25,27)/t18-/m0/s1. The number of amides is 1. The minimum Gasteiger partial charge on any atom is -0.326 e. The number of benzene rings is 2. The van der Waals surface area contributed by atoms with Gasteiger partial charge in [0.15, 0.2) is 0 Å². The van der Waals surface area contributed by atoms with Crippen LogP contribution in [0.2, 0.25) is 10.0 Å². The van der Waals surface area contributed by atoms with E-state index in [-0.39, 0.29) is 11.8 Å². The molecule has 1 aliphatic heterocycles. The summed E-state index contributed by atoms with van der Waals surface area (Å²) in [6, 6.07) is 13.7. The third-order valence-electron chi connectivity index (χ3n) is 5.13. The maximum absolute atomic E-state index is 12.7. The molecular weight excluding hydrogens is 379 g/mol. The molecule has 0 aliphatic carbocycles. The molecule has 0 unspecified atom stereocenters. The number of piperidine rings is 1. The van der Waals surface area contributed by atoms with Crippen molar-refractivity contribution in [3.63, 3.8) is 0 Å². The van der Waals surface area contributed by atoms with E-state index in [9.17, 15) is 4.79 Å². The Morgan fingerprint density at radius 3 is 2.59 bits per heavy atom. The van der Waals surface area contributed by atoms with Gasteiger partial charge in [0.2, 0.25) is 5.91 Å². The van der Waals surface area contributed by atoms with Crippen LogP contribution in [0.25, 0.3) is 0 Å². The first kappa shape index (κ1) is 20.2. The van der Waals surface area contributed by atoms with E-state index in [1.165, 1.54) is 5.56 Å². The van der Waals surface area contributed by atoms with Gasteiger partial charge in [0.1, 0.15) is 0 Å². The fraction of sp³-hybridized carbons (Fsp3) is 0.409. The van der Waals surface area contributed by atoms with Crippen LogP contribution in [0.15, 0.2) is 42.5 Å². The molecule has 1 amide bonds. The first-order chi connectivity index (χ1) is 12.9. The summed E-state index contributed by atoms with van der Waals surface area (Å²) in [4.78, 5) is 15.0. The number of hydrogen-bond donors (Lipinski definition) is 1. The Morgan fingerprint density at radius 1 is 1.19 bits per heavy atom. The van der Waals surface area contributed by atoms with Gasteiger partial charge >= 0.3 is 0 Å². The second-order valence-corrected chi connectivity index (χ2v) is 8.42. The molecular formula is C22H26Cl2N2O. The molecule has 1 aliphatic rings. The van der Waals surface area contributed by atoms with Crippen molar-refractivity contribution in [3.05, 3.63) is 63.6 Å². The average molecular weight is 405 g/mol. The van der Waals surface area contributed by atoms with E-state index in [0.717, 1.165) is 43.7 Å². The van der Waals surface area contributed by atoms with Gasteiger partial charge in [-0.3, -0.25) is 9.69 Å². The van der Waals surface area contributed by atoms with Gasteiger partial charge in [0.05, 0.1) is 5.92 Å². The van der Waals surface area contributed by atoms with Crippen LogP contribution in [0.1, 0.15) is 43.7 Å². The molecule has 5 heteroatoms. The van der Waals surface area contributed by atoms with Crippen LogP contribution in [0, 0.1) is 5.92 Å². The third-order valence-corrected chi connectivity index (χ3v) is 5.72. The highest BCUT2D eigenvalue weighted by atomic mass is 35.5. The van der Waals surface area contributed by atoms with Crippen LogP contribution < -0.4 is 5.32 Å². The Hall–Kier alpha value is -1.55. The zero-order valence-electron chi connectivity index (χ0n) is 15.8. The Labute approximate surface area is 171 Å². The molecule has 1 atom stereocenters. The van der Waals surface area contributed by atoms with Gasteiger partial charge in [0.25, 0.3) is 0 Å². The van der Waals surface area contributed by atoms with Gasteiger partial charge in [-0.2, -0.15) is 0 Å². The van der Waals surface area contributed by atoms with Crippen LogP contribution in [-0.2, 0) is 11.3 Å². The molecule has 0 saturated carbocycles. The molecule has 1 fully saturated rings. The number of hydrogen-bond acceptors (Lipinski definition) is 2. The summed E-state index contributed by atoms with van der Waals surface area (Å²) in [6.45, 7) is 6.79. The Kier molecular flexibility index (Phi) is 6.80. The highest BCUT2D eigenvalue weighted by molar-refractivity contribution is 6.35. The maximum atomic E-state index is 12.7. The van der Waals surface area contributed by atoms with Gasteiger partial charge in [-0.05, 0) is 60.7 Å². The van der Waals surface area contributed by atoms with E-state index in [2.05, 4.69) is 36.2 Å². The molecule has 1 heterocycles. The van der Waals surface area contributed by atoms with Crippen molar-refractivity contribution >= 4 is 34.8 Å². The van der Waals surface area contributed by atoms with Gasteiger partial charge in [-0.1, -0.05) is 55.2 Å². The third kappa shape index (κ3) is 5.47. The summed E-state index contributed by atoms with van der Waals surface area (Å²) in [5.74, 6) is 0.579. The van der Waals surface area contributed by atoms with Gasteiger partial charge in [0, 0.05) is 28.8 Å². The lowest BCUT2D eigenvalue weighted by Gasteiger charge is -2.32. The highest BCUT2D eigenvalue weighted by Crippen LogP contribution is 2.25. The molecule has 2 aromatic carbocycles. The number of carbonyl (C=O) groups excluding carboxylic acids is 1. The predicted molar refractivity (Wildman–Crippen MR) is 114 cm³/mol. The highest BCUT2D eigenvalue weighted by Gasteiger charge is 2.26. The van der Waals surface area contributed by atoms with E-state index < -0.39 is 0 Å². The summed E-state index contributed by atoms with van der Waals surface area (Å²) in [7, 11) is 0. The maximum Gasteiger partial charge on any atom is 0.228 e. The molecule has 144 valence electrons. The number of likely N-dealkylation sites (tertiary alicyclic amines) is 1.